The predicted octanol–water partition coefficient (Wildman–Crippen LogP) is 0.239. The maximum Gasteiger partial charge on any atom is 0.244 e. The zero-order valence-corrected chi connectivity index (χ0v) is 11.2. The van der Waals surface area contributed by atoms with E-state index in [1.165, 1.54) is 0 Å². The zero-order chi connectivity index (χ0) is 13.3. The number of H-pyrrole nitrogens is 1. The summed E-state index contributed by atoms with van der Waals surface area (Å²) in [5.74, 6) is 0.650. The number of hydrogen-bond acceptors (Lipinski definition) is 4. The van der Waals surface area contributed by atoms with Crippen molar-refractivity contribution in [2.24, 2.45) is 7.05 Å². The molecule has 0 saturated carbocycles. The van der Waals surface area contributed by atoms with E-state index in [0.29, 0.717) is 17.2 Å². The van der Waals surface area contributed by atoms with Crippen LogP contribution in [0, 0.1) is 13.8 Å². The summed E-state index contributed by atoms with van der Waals surface area (Å²) in [5.41, 5.74) is 0.986. The summed E-state index contributed by atoms with van der Waals surface area (Å²) in [6.45, 7) is 3.48. The summed E-state index contributed by atoms with van der Waals surface area (Å²) >= 11 is 0. The van der Waals surface area contributed by atoms with Crippen LogP contribution >= 0.6 is 0 Å². The fourth-order valence-corrected chi connectivity index (χ4v) is 3.08. The lowest BCUT2D eigenvalue weighted by Gasteiger charge is -2.06. The topological polar surface area (TPSA) is 92.7 Å². The van der Waals surface area contributed by atoms with Gasteiger partial charge in [0.25, 0.3) is 0 Å². The fraction of sp³-hybridized carbons (Fsp3) is 0.400. The Balaban J connectivity index is 2.21. The molecule has 2 rings (SSSR count). The van der Waals surface area contributed by atoms with Crippen LogP contribution in [-0.4, -0.2) is 28.2 Å². The number of nitrogens with one attached hydrogen (secondary N) is 2. The highest BCUT2D eigenvalue weighted by atomic mass is 32.2. The second kappa shape index (κ2) is 4.54. The second-order valence-corrected chi connectivity index (χ2v) is 5.75. The first-order chi connectivity index (χ1) is 8.42. The van der Waals surface area contributed by atoms with E-state index in [2.05, 4.69) is 19.9 Å². The average Bonchev–Trinajstić information content (AvgIpc) is 2.83. The van der Waals surface area contributed by atoms with E-state index in [-0.39, 0.29) is 11.4 Å². The van der Waals surface area contributed by atoms with Crippen molar-refractivity contribution in [3.05, 3.63) is 29.6 Å². The molecule has 0 aliphatic heterocycles. The molecule has 0 spiro atoms. The number of rotatable bonds is 4. The number of sulfonamides is 1. The molecule has 2 aromatic heterocycles. The van der Waals surface area contributed by atoms with Crippen molar-refractivity contribution in [1.29, 1.82) is 0 Å². The van der Waals surface area contributed by atoms with Gasteiger partial charge in [-0.3, -0.25) is 5.10 Å². The minimum absolute atomic E-state index is 0.149. The van der Waals surface area contributed by atoms with Crippen molar-refractivity contribution in [3.8, 4) is 0 Å². The Morgan fingerprint density at radius 3 is 2.67 bits per heavy atom. The molecule has 0 atom stereocenters. The third-order valence-electron chi connectivity index (χ3n) is 2.67. The third-order valence-corrected chi connectivity index (χ3v) is 4.33. The summed E-state index contributed by atoms with van der Waals surface area (Å²) in [5, 5.41) is 6.54. The Morgan fingerprint density at radius 1 is 1.44 bits per heavy atom. The first-order valence-electron chi connectivity index (χ1n) is 5.39. The molecule has 0 aromatic carbocycles. The Labute approximate surface area is 105 Å². The van der Waals surface area contributed by atoms with Crippen LogP contribution in [0.4, 0.5) is 0 Å². The monoisotopic (exact) mass is 269 g/mol. The van der Waals surface area contributed by atoms with Crippen LogP contribution in [0.5, 0.6) is 0 Å². The van der Waals surface area contributed by atoms with E-state index in [4.69, 9.17) is 0 Å². The van der Waals surface area contributed by atoms with E-state index in [1.54, 1.807) is 30.8 Å². The molecule has 7 nitrogen and oxygen atoms in total. The number of hydrogen-bond donors (Lipinski definition) is 2. The molecule has 0 bridgehead atoms. The van der Waals surface area contributed by atoms with Gasteiger partial charge in [-0.1, -0.05) is 0 Å². The highest BCUT2D eigenvalue weighted by Gasteiger charge is 2.22. The Kier molecular flexibility index (Phi) is 3.22. The van der Waals surface area contributed by atoms with Crippen LogP contribution in [0.25, 0.3) is 0 Å². The molecule has 0 aliphatic carbocycles. The van der Waals surface area contributed by atoms with Crippen LogP contribution in [-0.2, 0) is 23.6 Å². The van der Waals surface area contributed by atoms with Gasteiger partial charge in [-0.25, -0.2) is 18.1 Å². The summed E-state index contributed by atoms with van der Waals surface area (Å²) in [7, 11) is -1.76. The summed E-state index contributed by atoms with van der Waals surface area (Å²) < 4.78 is 28.5. The molecule has 0 saturated heterocycles. The van der Waals surface area contributed by atoms with Crippen molar-refractivity contribution < 1.29 is 8.42 Å². The molecule has 0 aliphatic rings. The standard InChI is InChI=1S/C10H15N5O2S/c1-7-10(8(2)14-13-7)18(16,17)12-6-9-11-4-5-15(9)3/h4-5,12H,6H2,1-3H3,(H,13,14). The van der Waals surface area contributed by atoms with E-state index in [1.807, 2.05) is 7.05 Å². The molecule has 8 heteroatoms. The molecule has 0 fully saturated rings. The second-order valence-electron chi connectivity index (χ2n) is 4.04. The molecule has 98 valence electrons. The number of nitrogens with zero attached hydrogens (tertiary/aromatic N) is 3. The minimum Gasteiger partial charge on any atom is -0.337 e. The van der Waals surface area contributed by atoms with E-state index >= 15 is 0 Å². The van der Waals surface area contributed by atoms with Gasteiger partial charge in [-0.05, 0) is 13.8 Å². The van der Waals surface area contributed by atoms with Gasteiger partial charge in [-0.15, -0.1) is 0 Å². The van der Waals surface area contributed by atoms with Crippen molar-refractivity contribution >= 4 is 10.0 Å². The molecule has 2 N–H and O–H groups in total. The van der Waals surface area contributed by atoms with Crippen molar-refractivity contribution in [2.75, 3.05) is 0 Å². The average molecular weight is 269 g/mol. The lowest BCUT2D eigenvalue weighted by atomic mass is 10.4. The maximum absolute atomic E-state index is 12.1. The smallest absolute Gasteiger partial charge is 0.244 e. The molecule has 18 heavy (non-hydrogen) atoms. The number of aryl methyl sites for hydroxylation is 3. The lowest BCUT2D eigenvalue weighted by Crippen LogP contribution is -2.25. The van der Waals surface area contributed by atoms with Gasteiger partial charge >= 0.3 is 0 Å². The van der Waals surface area contributed by atoms with Crippen LogP contribution < -0.4 is 4.72 Å². The van der Waals surface area contributed by atoms with Gasteiger partial charge in [0.1, 0.15) is 10.7 Å². The summed E-state index contributed by atoms with van der Waals surface area (Å²) in [6.07, 6.45) is 3.38. The van der Waals surface area contributed by atoms with Crippen molar-refractivity contribution in [2.45, 2.75) is 25.3 Å². The van der Waals surface area contributed by atoms with Crippen LogP contribution in [0.15, 0.2) is 17.3 Å². The zero-order valence-electron chi connectivity index (χ0n) is 10.4. The number of imidazole rings is 1. The minimum atomic E-state index is -3.57. The molecule has 0 radical (unpaired) electrons. The molecular formula is C10H15N5O2S. The van der Waals surface area contributed by atoms with Gasteiger partial charge in [0, 0.05) is 19.4 Å². The van der Waals surface area contributed by atoms with Gasteiger partial charge in [0.2, 0.25) is 10.0 Å². The van der Waals surface area contributed by atoms with Crippen LogP contribution in [0.1, 0.15) is 17.2 Å². The number of aromatic amines is 1. The highest BCUT2D eigenvalue weighted by molar-refractivity contribution is 7.89. The first kappa shape index (κ1) is 12.8. The number of aromatic nitrogens is 4. The molecular weight excluding hydrogens is 254 g/mol. The van der Waals surface area contributed by atoms with Crippen LogP contribution in [0.2, 0.25) is 0 Å². The SMILES string of the molecule is Cc1n[nH]c(C)c1S(=O)(=O)NCc1nccn1C. The van der Waals surface area contributed by atoms with Crippen molar-refractivity contribution in [1.82, 2.24) is 24.5 Å². The fourth-order valence-electron chi connectivity index (χ4n) is 1.74. The van der Waals surface area contributed by atoms with Gasteiger partial charge < -0.3 is 4.57 Å². The Hall–Kier alpha value is -1.67. The van der Waals surface area contributed by atoms with Gasteiger partial charge in [0.15, 0.2) is 0 Å². The summed E-state index contributed by atoms with van der Waals surface area (Å²) in [6, 6.07) is 0. The van der Waals surface area contributed by atoms with Crippen molar-refractivity contribution in [3.63, 3.8) is 0 Å². The largest absolute Gasteiger partial charge is 0.337 e. The van der Waals surface area contributed by atoms with Gasteiger partial charge in [0.05, 0.1) is 17.9 Å². The lowest BCUT2D eigenvalue weighted by molar-refractivity contribution is 0.576. The quantitative estimate of drug-likeness (QED) is 0.831. The van der Waals surface area contributed by atoms with Crippen LogP contribution in [0.3, 0.4) is 0 Å². The van der Waals surface area contributed by atoms with E-state index < -0.39 is 10.0 Å². The highest BCUT2D eigenvalue weighted by Crippen LogP contribution is 2.16. The third kappa shape index (κ3) is 2.29. The van der Waals surface area contributed by atoms with E-state index in [0.717, 1.165) is 0 Å². The molecule has 0 unspecified atom stereocenters. The first-order valence-corrected chi connectivity index (χ1v) is 6.87. The predicted molar refractivity (Wildman–Crippen MR) is 65.3 cm³/mol. The molecule has 2 aromatic rings. The summed E-state index contributed by atoms with van der Waals surface area (Å²) in [4.78, 5) is 4.26. The van der Waals surface area contributed by atoms with Gasteiger partial charge in [-0.2, -0.15) is 5.10 Å². The van der Waals surface area contributed by atoms with E-state index in [9.17, 15) is 8.42 Å². The maximum atomic E-state index is 12.1. The molecule has 2 heterocycles. The molecule has 0 amide bonds. The Morgan fingerprint density at radius 2 is 2.17 bits per heavy atom. The normalized spacial score (nSPS) is 11.9. The Bertz CT molecular complexity index is 636.